The standard InChI is InChI=1S/C24H46O4/c1-3-5-7-9-11-13-15-17-21-27-23(25)19-20-24(26)28-22-18-16-14-12-10-8-6-4-2/h3-22H2,1-2H3. The summed E-state index contributed by atoms with van der Waals surface area (Å²) in [5.74, 6) is -0.570. The second kappa shape index (κ2) is 22.2. The molecule has 0 bridgehead atoms. The fourth-order valence-electron chi connectivity index (χ4n) is 3.19. The fraction of sp³-hybridized carbons (Fsp3) is 0.917. The van der Waals surface area contributed by atoms with Crippen LogP contribution in [0.15, 0.2) is 0 Å². The molecule has 0 aromatic carbocycles. The van der Waals surface area contributed by atoms with Crippen molar-refractivity contribution < 1.29 is 19.1 Å². The molecule has 0 aliphatic heterocycles. The van der Waals surface area contributed by atoms with E-state index in [2.05, 4.69) is 13.8 Å². The number of unbranched alkanes of at least 4 members (excludes halogenated alkanes) is 14. The quantitative estimate of drug-likeness (QED) is 0.152. The van der Waals surface area contributed by atoms with Crippen LogP contribution in [0.1, 0.15) is 129 Å². The van der Waals surface area contributed by atoms with E-state index in [-0.39, 0.29) is 24.8 Å². The molecule has 0 saturated heterocycles. The predicted octanol–water partition coefficient (Wildman–Crippen LogP) is 7.13. The molecular formula is C24H46O4. The highest BCUT2D eigenvalue weighted by Gasteiger charge is 2.09. The third-order valence-corrected chi connectivity index (χ3v) is 5.06. The Balaban J connectivity index is 3.32. The third kappa shape index (κ3) is 21.2. The van der Waals surface area contributed by atoms with Gasteiger partial charge in [-0.15, -0.1) is 0 Å². The lowest BCUT2D eigenvalue weighted by Gasteiger charge is -2.06. The minimum atomic E-state index is -0.285. The Labute approximate surface area is 174 Å². The number of ether oxygens (including phenoxy) is 2. The van der Waals surface area contributed by atoms with Crippen LogP contribution in [0.3, 0.4) is 0 Å². The first-order valence-electron chi connectivity index (χ1n) is 12.0. The van der Waals surface area contributed by atoms with E-state index in [1.807, 2.05) is 0 Å². The van der Waals surface area contributed by atoms with E-state index in [4.69, 9.17) is 9.47 Å². The fourth-order valence-corrected chi connectivity index (χ4v) is 3.19. The van der Waals surface area contributed by atoms with Gasteiger partial charge in [-0.1, -0.05) is 104 Å². The molecule has 0 amide bonds. The number of hydrogen-bond acceptors (Lipinski definition) is 4. The second-order valence-corrected chi connectivity index (χ2v) is 7.89. The summed E-state index contributed by atoms with van der Waals surface area (Å²) in [5.41, 5.74) is 0. The molecule has 0 aromatic heterocycles. The van der Waals surface area contributed by atoms with Gasteiger partial charge in [0.2, 0.25) is 0 Å². The van der Waals surface area contributed by atoms with Crippen LogP contribution in [-0.2, 0) is 19.1 Å². The van der Waals surface area contributed by atoms with Crippen molar-refractivity contribution in [3.63, 3.8) is 0 Å². The Morgan fingerprint density at radius 3 is 1.07 bits per heavy atom. The maximum atomic E-state index is 11.6. The molecule has 0 unspecified atom stereocenters. The maximum Gasteiger partial charge on any atom is 0.306 e. The Morgan fingerprint density at radius 2 is 0.750 bits per heavy atom. The van der Waals surface area contributed by atoms with Gasteiger partial charge in [0.15, 0.2) is 0 Å². The van der Waals surface area contributed by atoms with E-state index in [1.54, 1.807) is 0 Å². The number of carbonyl (C=O) groups excluding carboxylic acids is 2. The molecule has 0 rings (SSSR count). The zero-order valence-corrected chi connectivity index (χ0v) is 18.8. The molecule has 0 N–H and O–H groups in total. The van der Waals surface area contributed by atoms with E-state index >= 15 is 0 Å². The molecule has 0 fully saturated rings. The van der Waals surface area contributed by atoms with Gasteiger partial charge in [0.25, 0.3) is 0 Å². The Kier molecular flexibility index (Phi) is 21.4. The average molecular weight is 399 g/mol. The van der Waals surface area contributed by atoms with Gasteiger partial charge in [-0.05, 0) is 12.8 Å². The first kappa shape index (κ1) is 26.9. The lowest BCUT2D eigenvalue weighted by molar-refractivity contribution is -0.150. The summed E-state index contributed by atoms with van der Waals surface area (Å²) >= 11 is 0. The summed E-state index contributed by atoms with van der Waals surface area (Å²) in [7, 11) is 0. The van der Waals surface area contributed by atoms with Crippen molar-refractivity contribution in [2.75, 3.05) is 13.2 Å². The van der Waals surface area contributed by atoms with Crippen molar-refractivity contribution in [3.05, 3.63) is 0 Å². The zero-order chi connectivity index (χ0) is 20.7. The van der Waals surface area contributed by atoms with Crippen LogP contribution in [0.25, 0.3) is 0 Å². The van der Waals surface area contributed by atoms with Crippen LogP contribution in [-0.4, -0.2) is 25.2 Å². The summed E-state index contributed by atoms with van der Waals surface area (Å²) < 4.78 is 10.4. The molecule has 4 nitrogen and oxygen atoms in total. The number of carbonyl (C=O) groups is 2. The van der Waals surface area contributed by atoms with E-state index in [9.17, 15) is 9.59 Å². The van der Waals surface area contributed by atoms with Crippen LogP contribution in [0, 0.1) is 0 Å². The van der Waals surface area contributed by atoms with Crippen LogP contribution < -0.4 is 0 Å². The summed E-state index contributed by atoms with van der Waals surface area (Å²) in [4.78, 5) is 23.3. The van der Waals surface area contributed by atoms with E-state index < -0.39 is 0 Å². The molecule has 28 heavy (non-hydrogen) atoms. The number of esters is 2. The van der Waals surface area contributed by atoms with Gasteiger partial charge in [-0.3, -0.25) is 9.59 Å². The molecule has 0 atom stereocenters. The van der Waals surface area contributed by atoms with E-state index in [0.29, 0.717) is 13.2 Å². The van der Waals surface area contributed by atoms with Crippen LogP contribution in [0.5, 0.6) is 0 Å². The highest BCUT2D eigenvalue weighted by atomic mass is 16.5. The molecule has 0 radical (unpaired) electrons. The molecule has 0 aliphatic rings. The van der Waals surface area contributed by atoms with Crippen molar-refractivity contribution in [2.24, 2.45) is 0 Å². The minimum absolute atomic E-state index is 0.132. The van der Waals surface area contributed by atoms with E-state index in [0.717, 1.165) is 25.7 Å². The molecule has 4 heteroatoms. The van der Waals surface area contributed by atoms with E-state index in [1.165, 1.54) is 77.0 Å². The summed E-state index contributed by atoms with van der Waals surface area (Å²) in [6.07, 6.45) is 19.8. The number of rotatable bonds is 21. The van der Waals surface area contributed by atoms with Gasteiger partial charge in [0.1, 0.15) is 0 Å². The third-order valence-electron chi connectivity index (χ3n) is 5.06. The maximum absolute atomic E-state index is 11.6. The Hall–Kier alpha value is -1.06. The largest absolute Gasteiger partial charge is 0.466 e. The molecular weight excluding hydrogens is 352 g/mol. The summed E-state index contributed by atoms with van der Waals surface area (Å²) in [6, 6.07) is 0. The zero-order valence-electron chi connectivity index (χ0n) is 18.8. The predicted molar refractivity (Wildman–Crippen MR) is 116 cm³/mol. The molecule has 0 heterocycles. The first-order valence-corrected chi connectivity index (χ1v) is 12.0. The topological polar surface area (TPSA) is 52.6 Å². The lowest BCUT2D eigenvalue weighted by atomic mass is 10.1. The van der Waals surface area contributed by atoms with Crippen molar-refractivity contribution in [1.82, 2.24) is 0 Å². The van der Waals surface area contributed by atoms with Gasteiger partial charge in [0, 0.05) is 0 Å². The SMILES string of the molecule is CCCCCCCCCCOC(=O)CCC(=O)OCCCCCCCCCC. The first-order chi connectivity index (χ1) is 13.7. The Morgan fingerprint density at radius 1 is 0.464 bits per heavy atom. The van der Waals surface area contributed by atoms with Crippen molar-refractivity contribution in [2.45, 2.75) is 129 Å². The van der Waals surface area contributed by atoms with Gasteiger partial charge in [-0.2, -0.15) is 0 Å². The molecule has 0 aliphatic carbocycles. The smallest absolute Gasteiger partial charge is 0.306 e. The number of hydrogen-bond donors (Lipinski definition) is 0. The van der Waals surface area contributed by atoms with Gasteiger partial charge >= 0.3 is 11.9 Å². The van der Waals surface area contributed by atoms with Crippen LogP contribution in [0.2, 0.25) is 0 Å². The summed E-state index contributed by atoms with van der Waals surface area (Å²) in [6.45, 7) is 5.40. The lowest BCUT2D eigenvalue weighted by Crippen LogP contribution is -2.11. The molecule has 0 spiro atoms. The van der Waals surface area contributed by atoms with Gasteiger partial charge in [0.05, 0.1) is 26.1 Å². The Bertz CT molecular complexity index is 321. The van der Waals surface area contributed by atoms with Crippen LogP contribution >= 0.6 is 0 Å². The highest BCUT2D eigenvalue weighted by Crippen LogP contribution is 2.10. The molecule has 166 valence electrons. The normalized spacial score (nSPS) is 10.8. The second-order valence-electron chi connectivity index (χ2n) is 7.89. The van der Waals surface area contributed by atoms with Crippen LogP contribution in [0.4, 0.5) is 0 Å². The average Bonchev–Trinajstić information content (AvgIpc) is 2.69. The van der Waals surface area contributed by atoms with Gasteiger partial charge < -0.3 is 9.47 Å². The molecule has 0 aromatic rings. The monoisotopic (exact) mass is 398 g/mol. The van der Waals surface area contributed by atoms with Crippen molar-refractivity contribution in [1.29, 1.82) is 0 Å². The minimum Gasteiger partial charge on any atom is -0.466 e. The highest BCUT2D eigenvalue weighted by molar-refractivity contribution is 5.77. The molecule has 0 saturated carbocycles. The summed E-state index contributed by atoms with van der Waals surface area (Å²) in [5, 5.41) is 0. The van der Waals surface area contributed by atoms with Crippen molar-refractivity contribution in [3.8, 4) is 0 Å². The van der Waals surface area contributed by atoms with Gasteiger partial charge in [-0.25, -0.2) is 0 Å². The van der Waals surface area contributed by atoms with Crippen molar-refractivity contribution >= 4 is 11.9 Å².